The number of aryl methyl sites for hydroxylation is 1. The zero-order valence-corrected chi connectivity index (χ0v) is 16.7. The number of nitrogens with one attached hydrogen (secondary N) is 3. The Labute approximate surface area is 168 Å². The first-order chi connectivity index (χ1) is 13.5. The van der Waals surface area contributed by atoms with Gasteiger partial charge in [0.25, 0.3) is 5.91 Å². The summed E-state index contributed by atoms with van der Waals surface area (Å²) in [6.07, 6.45) is 6.06. The van der Waals surface area contributed by atoms with Crippen LogP contribution in [0.1, 0.15) is 46.1 Å². The fourth-order valence-electron chi connectivity index (χ4n) is 2.69. The largest absolute Gasteiger partial charge is 0.369 e. The first-order valence-corrected chi connectivity index (χ1v) is 9.31. The van der Waals surface area contributed by atoms with Gasteiger partial charge in [-0.2, -0.15) is 5.10 Å². The minimum atomic E-state index is -0.379. The number of aromatic nitrogens is 5. The molecule has 0 radical (unpaired) electrons. The molecule has 1 amide bonds. The van der Waals surface area contributed by atoms with Crippen LogP contribution < -0.4 is 10.6 Å². The van der Waals surface area contributed by atoms with Crippen LogP contribution in [0.2, 0.25) is 5.02 Å². The van der Waals surface area contributed by atoms with Crippen molar-refractivity contribution in [1.82, 2.24) is 30.5 Å². The average molecular weight is 400 g/mol. The highest BCUT2D eigenvalue weighted by Gasteiger charge is 2.19. The van der Waals surface area contributed by atoms with Gasteiger partial charge < -0.3 is 10.6 Å². The van der Waals surface area contributed by atoms with Gasteiger partial charge in [0.15, 0.2) is 0 Å². The third-order valence-corrected chi connectivity index (χ3v) is 4.72. The maximum absolute atomic E-state index is 12.7. The van der Waals surface area contributed by atoms with Gasteiger partial charge >= 0.3 is 0 Å². The molecule has 0 spiro atoms. The van der Waals surface area contributed by atoms with E-state index < -0.39 is 0 Å². The van der Waals surface area contributed by atoms with E-state index in [2.05, 4.69) is 35.8 Å². The van der Waals surface area contributed by atoms with E-state index in [0.29, 0.717) is 23.1 Å². The molecule has 3 N–H and O–H groups in total. The molecule has 8 nitrogen and oxygen atoms in total. The summed E-state index contributed by atoms with van der Waals surface area (Å²) in [5.41, 5.74) is 3.34. The van der Waals surface area contributed by atoms with Gasteiger partial charge in [0.1, 0.15) is 5.82 Å². The van der Waals surface area contributed by atoms with Crippen molar-refractivity contribution in [2.45, 2.75) is 33.2 Å². The van der Waals surface area contributed by atoms with Crippen LogP contribution in [-0.4, -0.2) is 37.6 Å². The van der Waals surface area contributed by atoms with Crippen LogP contribution in [0.4, 0.5) is 5.82 Å². The Bertz CT molecular complexity index is 959. The lowest BCUT2D eigenvalue weighted by atomic mass is 10.2. The summed E-state index contributed by atoms with van der Waals surface area (Å²) < 4.78 is 0. The van der Waals surface area contributed by atoms with Crippen molar-refractivity contribution in [3.8, 4) is 0 Å². The van der Waals surface area contributed by atoms with Crippen molar-refractivity contribution in [2.24, 2.45) is 0 Å². The van der Waals surface area contributed by atoms with E-state index >= 15 is 0 Å². The molecule has 0 unspecified atom stereocenters. The number of pyridine rings is 1. The monoisotopic (exact) mass is 399 g/mol. The van der Waals surface area contributed by atoms with Crippen LogP contribution in [0.3, 0.4) is 0 Å². The van der Waals surface area contributed by atoms with Gasteiger partial charge in [-0.3, -0.25) is 14.9 Å². The van der Waals surface area contributed by atoms with Crippen LogP contribution >= 0.6 is 11.6 Å². The molecule has 28 heavy (non-hydrogen) atoms. The lowest BCUT2D eigenvalue weighted by Gasteiger charge is -2.15. The van der Waals surface area contributed by atoms with Crippen molar-refractivity contribution in [2.75, 3.05) is 11.9 Å². The van der Waals surface area contributed by atoms with Gasteiger partial charge in [0, 0.05) is 30.2 Å². The molecule has 0 saturated carbocycles. The summed E-state index contributed by atoms with van der Waals surface area (Å²) in [7, 11) is 0. The Hall–Kier alpha value is -3.00. The number of anilines is 1. The van der Waals surface area contributed by atoms with Gasteiger partial charge in [0.05, 0.1) is 23.0 Å². The molecule has 0 aliphatic rings. The van der Waals surface area contributed by atoms with Crippen LogP contribution in [-0.2, 0) is 6.42 Å². The second kappa shape index (κ2) is 8.79. The third kappa shape index (κ3) is 4.64. The van der Waals surface area contributed by atoms with Crippen LogP contribution in [0.25, 0.3) is 0 Å². The predicted octanol–water partition coefficient (Wildman–Crippen LogP) is 3.01. The van der Waals surface area contributed by atoms with Gasteiger partial charge in [-0.1, -0.05) is 11.6 Å². The van der Waals surface area contributed by atoms with E-state index in [1.165, 1.54) is 0 Å². The standard InChI is InChI=1S/C19H22ClN7O/c1-11-12(2)25-18(27-17(11)22-8-6-14-9-23-24-10-14)19(28)26-13(3)16-15(20)5-4-7-21-16/h4-5,7,9-10,13H,6,8H2,1-3H3,(H,23,24)(H,26,28)(H,22,25,27)/t13-/m1/s1. The molecule has 0 saturated heterocycles. The summed E-state index contributed by atoms with van der Waals surface area (Å²) in [6.45, 7) is 6.26. The molecule has 9 heteroatoms. The molecule has 0 aliphatic heterocycles. The first kappa shape index (κ1) is 19.8. The van der Waals surface area contributed by atoms with Gasteiger partial charge in [-0.15, -0.1) is 0 Å². The molecule has 3 rings (SSSR count). The second-order valence-corrected chi connectivity index (χ2v) is 6.86. The van der Waals surface area contributed by atoms with Crippen molar-refractivity contribution >= 4 is 23.3 Å². The number of hydrogen-bond acceptors (Lipinski definition) is 6. The summed E-state index contributed by atoms with van der Waals surface area (Å²) in [5, 5.41) is 13.3. The minimum Gasteiger partial charge on any atom is -0.369 e. The molecule has 3 aromatic rings. The number of aromatic amines is 1. The average Bonchev–Trinajstić information content (AvgIpc) is 3.18. The summed E-state index contributed by atoms with van der Waals surface area (Å²) >= 11 is 6.16. The molecule has 3 aromatic heterocycles. The van der Waals surface area contributed by atoms with Crippen LogP contribution in [0.15, 0.2) is 30.7 Å². The van der Waals surface area contributed by atoms with Crippen molar-refractivity contribution in [3.05, 3.63) is 64.1 Å². The predicted molar refractivity (Wildman–Crippen MR) is 107 cm³/mol. The fraction of sp³-hybridized carbons (Fsp3) is 0.316. The Morgan fingerprint density at radius 3 is 2.86 bits per heavy atom. The molecule has 0 aliphatic carbocycles. The summed E-state index contributed by atoms with van der Waals surface area (Å²) in [5.74, 6) is 0.368. The first-order valence-electron chi connectivity index (χ1n) is 8.93. The Morgan fingerprint density at radius 1 is 1.32 bits per heavy atom. The highest BCUT2D eigenvalue weighted by molar-refractivity contribution is 6.31. The maximum Gasteiger partial charge on any atom is 0.289 e. The molecular weight excluding hydrogens is 378 g/mol. The van der Waals surface area contributed by atoms with E-state index in [-0.39, 0.29) is 17.8 Å². The van der Waals surface area contributed by atoms with E-state index in [0.717, 1.165) is 23.2 Å². The fourth-order valence-corrected chi connectivity index (χ4v) is 2.97. The van der Waals surface area contributed by atoms with Gasteiger partial charge in [-0.25, -0.2) is 9.97 Å². The molecule has 146 valence electrons. The smallest absolute Gasteiger partial charge is 0.289 e. The van der Waals surface area contributed by atoms with Crippen LogP contribution in [0, 0.1) is 13.8 Å². The molecule has 0 bridgehead atoms. The lowest BCUT2D eigenvalue weighted by molar-refractivity contribution is 0.0928. The lowest BCUT2D eigenvalue weighted by Crippen LogP contribution is -2.29. The molecular formula is C19H22ClN7O. The highest BCUT2D eigenvalue weighted by atomic mass is 35.5. The number of carbonyl (C=O) groups is 1. The van der Waals surface area contributed by atoms with E-state index in [1.54, 1.807) is 24.5 Å². The van der Waals surface area contributed by atoms with Crippen molar-refractivity contribution < 1.29 is 4.79 Å². The van der Waals surface area contributed by atoms with E-state index in [4.69, 9.17) is 11.6 Å². The van der Waals surface area contributed by atoms with Gasteiger partial charge in [0.2, 0.25) is 5.82 Å². The number of carbonyl (C=O) groups excluding carboxylic acids is 1. The summed E-state index contributed by atoms with van der Waals surface area (Å²) in [6, 6.07) is 3.11. The number of amides is 1. The molecule has 0 fully saturated rings. The van der Waals surface area contributed by atoms with E-state index in [1.807, 2.05) is 27.0 Å². The number of hydrogen-bond donors (Lipinski definition) is 3. The Morgan fingerprint density at radius 2 is 2.14 bits per heavy atom. The zero-order valence-electron chi connectivity index (χ0n) is 16.0. The number of nitrogens with zero attached hydrogens (tertiary/aromatic N) is 4. The van der Waals surface area contributed by atoms with Gasteiger partial charge in [-0.05, 0) is 44.9 Å². The third-order valence-electron chi connectivity index (χ3n) is 4.40. The highest BCUT2D eigenvalue weighted by Crippen LogP contribution is 2.20. The topological polar surface area (TPSA) is 108 Å². The quantitative estimate of drug-likeness (QED) is 0.563. The molecule has 3 heterocycles. The van der Waals surface area contributed by atoms with E-state index in [9.17, 15) is 4.79 Å². The number of H-pyrrole nitrogens is 1. The zero-order chi connectivity index (χ0) is 20.1. The second-order valence-electron chi connectivity index (χ2n) is 6.46. The minimum absolute atomic E-state index is 0.104. The molecule has 1 atom stereocenters. The van der Waals surface area contributed by atoms with Crippen molar-refractivity contribution in [1.29, 1.82) is 0 Å². The normalized spacial score (nSPS) is 11.9. The summed E-state index contributed by atoms with van der Waals surface area (Å²) in [4.78, 5) is 25.6. The number of halogens is 1. The molecule has 0 aromatic carbocycles. The SMILES string of the molecule is Cc1nc(C(=O)N[C@H](C)c2ncccc2Cl)nc(NCCc2cn[nH]c2)c1C. The van der Waals surface area contributed by atoms with Crippen LogP contribution in [0.5, 0.6) is 0 Å². The maximum atomic E-state index is 12.7. The Balaban J connectivity index is 1.71. The Kier molecular flexibility index (Phi) is 6.20. The van der Waals surface area contributed by atoms with Crippen molar-refractivity contribution in [3.63, 3.8) is 0 Å². The number of rotatable bonds is 7.